The van der Waals surface area contributed by atoms with Crippen molar-refractivity contribution >= 4 is 21.7 Å². The van der Waals surface area contributed by atoms with Gasteiger partial charge in [0.1, 0.15) is 12.1 Å². The summed E-state index contributed by atoms with van der Waals surface area (Å²) >= 11 is 3.54. The molecule has 0 unspecified atom stereocenters. The summed E-state index contributed by atoms with van der Waals surface area (Å²) in [7, 11) is 1.66. The van der Waals surface area contributed by atoms with Gasteiger partial charge in [-0.2, -0.15) is 0 Å². The molecule has 2 rings (SSSR count). The first kappa shape index (κ1) is 13.6. The number of methoxy groups -OCH3 is 1. The highest BCUT2D eigenvalue weighted by Gasteiger charge is 2.25. The van der Waals surface area contributed by atoms with Crippen LogP contribution in [0.25, 0.3) is 0 Å². The number of alkyl halides is 1. The normalized spacial score (nSPS) is 15.9. The molecule has 100 valence electrons. The Labute approximate surface area is 117 Å². The number of anilines is 1. The maximum atomic E-state index is 5.29. The van der Waals surface area contributed by atoms with Gasteiger partial charge in [0.05, 0.1) is 12.7 Å². The highest BCUT2D eigenvalue weighted by Crippen LogP contribution is 2.31. The Balaban J connectivity index is 2.29. The zero-order valence-corrected chi connectivity index (χ0v) is 12.6. The first-order valence-corrected chi connectivity index (χ1v) is 7.58. The van der Waals surface area contributed by atoms with Gasteiger partial charge in [0.2, 0.25) is 5.88 Å². The second-order valence-corrected chi connectivity index (χ2v) is 5.45. The van der Waals surface area contributed by atoms with Crippen LogP contribution in [0.15, 0.2) is 6.33 Å². The van der Waals surface area contributed by atoms with E-state index in [-0.39, 0.29) is 0 Å². The van der Waals surface area contributed by atoms with Gasteiger partial charge in [0.25, 0.3) is 0 Å². The van der Waals surface area contributed by atoms with Crippen molar-refractivity contribution in [1.82, 2.24) is 9.97 Å². The number of hydrogen-bond acceptors (Lipinski definition) is 4. The van der Waals surface area contributed by atoms with Gasteiger partial charge in [-0.25, -0.2) is 9.97 Å². The zero-order chi connectivity index (χ0) is 13.0. The van der Waals surface area contributed by atoms with Gasteiger partial charge in [-0.1, -0.05) is 28.8 Å². The van der Waals surface area contributed by atoms with Gasteiger partial charge >= 0.3 is 0 Å². The van der Waals surface area contributed by atoms with E-state index in [1.807, 2.05) is 6.92 Å². The zero-order valence-electron chi connectivity index (χ0n) is 11.0. The minimum atomic E-state index is 0.612. The molecule has 1 aromatic rings. The van der Waals surface area contributed by atoms with E-state index in [1.165, 1.54) is 25.7 Å². The molecule has 1 heterocycles. The fourth-order valence-corrected chi connectivity index (χ4v) is 3.07. The summed E-state index contributed by atoms with van der Waals surface area (Å²) in [5.41, 5.74) is 1.04. The average Bonchev–Trinajstić information content (AvgIpc) is 2.90. The lowest BCUT2D eigenvalue weighted by Gasteiger charge is -2.30. The molecule has 5 heteroatoms. The van der Waals surface area contributed by atoms with Gasteiger partial charge < -0.3 is 9.64 Å². The quantitative estimate of drug-likeness (QED) is 0.783. The molecule has 1 aliphatic carbocycles. The van der Waals surface area contributed by atoms with Crippen molar-refractivity contribution in [3.05, 3.63) is 11.9 Å². The van der Waals surface area contributed by atoms with Gasteiger partial charge in [0, 0.05) is 17.9 Å². The number of ether oxygens (including phenoxy) is 1. The van der Waals surface area contributed by atoms with Crippen LogP contribution in [0.3, 0.4) is 0 Å². The molecule has 0 aromatic carbocycles. The van der Waals surface area contributed by atoms with Crippen molar-refractivity contribution in [3.8, 4) is 5.88 Å². The summed E-state index contributed by atoms with van der Waals surface area (Å²) in [6, 6.07) is 0.612. The van der Waals surface area contributed by atoms with Crippen molar-refractivity contribution in [3.63, 3.8) is 0 Å². The van der Waals surface area contributed by atoms with Crippen LogP contribution in [0, 0.1) is 6.92 Å². The Hall–Kier alpha value is -0.840. The number of hydrogen-bond donors (Lipinski definition) is 0. The van der Waals surface area contributed by atoms with Crippen LogP contribution in [0.2, 0.25) is 0 Å². The third-order valence-corrected chi connectivity index (χ3v) is 3.92. The van der Waals surface area contributed by atoms with Crippen LogP contribution in [-0.4, -0.2) is 35.0 Å². The lowest BCUT2D eigenvalue weighted by atomic mass is 10.2. The highest BCUT2D eigenvalue weighted by molar-refractivity contribution is 9.09. The van der Waals surface area contributed by atoms with Crippen LogP contribution < -0.4 is 9.64 Å². The first-order valence-electron chi connectivity index (χ1n) is 6.46. The van der Waals surface area contributed by atoms with Crippen LogP contribution in [0.1, 0.15) is 31.2 Å². The summed E-state index contributed by atoms with van der Waals surface area (Å²) in [4.78, 5) is 11.0. The van der Waals surface area contributed by atoms with E-state index in [9.17, 15) is 0 Å². The Morgan fingerprint density at radius 2 is 2.11 bits per heavy atom. The second kappa shape index (κ2) is 6.36. The van der Waals surface area contributed by atoms with Crippen LogP contribution in [0.4, 0.5) is 5.82 Å². The van der Waals surface area contributed by atoms with E-state index in [1.54, 1.807) is 13.4 Å². The average molecular weight is 314 g/mol. The third kappa shape index (κ3) is 2.76. The molecule has 0 N–H and O–H groups in total. The summed E-state index contributed by atoms with van der Waals surface area (Å²) in [6.45, 7) is 3.01. The van der Waals surface area contributed by atoms with E-state index in [0.29, 0.717) is 11.9 Å². The van der Waals surface area contributed by atoms with Crippen molar-refractivity contribution in [2.75, 3.05) is 23.9 Å². The van der Waals surface area contributed by atoms with Crippen molar-refractivity contribution in [2.45, 2.75) is 38.6 Å². The maximum absolute atomic E-state index is 5.29. The molecule has 0 aliphatic heterocycles. The summed E-state index contributed by atoms with van der Waals surface area (Å²) in [5, 5.41) is 0.954. The van der Waals surface area contributed by atoms with Gasteiger partial charge in [0.15, 0.2) is 0 Å². The van der Waals surface area contributed by atoms with E-state index in [4.69, 9.17) is 4.74 Å². The molecule has 1 saturated carbocycles. The molecule has 1 aromatic heterocycles. The Kier molecular flexibility index (Phi) is 4.80. The molecule has 18 heavy (non-hydrogen) atoms. The maximum Gasteiger partial charge on any atom is 0.221 e. The minimum Gasteiger partial charge on any atom is -0.481 e. The SMILES string of the molecule is COc1ncnc(N(CCBr)C2CCCC2)c1C. The molecule has 0 bridgehead atoms. The second-order valence-electron chi connectivity index (χ2n) is 4.65. The standard InChI is InChI=1S/C13H20BrN3O/c1-10-12(15-9-16-13(10)18-2)17(8-7-14)11-5-3-4-6-11/h9,11H,3-8H2,1-2H3. The number of halogens is 1. The Bertz CT molecular complexity index is 394. The first-order chi connectivity index (χ1) is 8.77. The van der Waals surface area contributed by atoms with Gasteiger partial charge in [-0.05, 0) is 19.8 Å². The fraction of sp³-hybridized carbons (Fsp3) is 0.692. The molecule has 0 amide bonds. The number of aromatic nitrogens is 2. The molecule has 0 saturated heterocycles. The highest BCUT2D eigenvalue weighted by atomic mass is 79.9. The molecule has 0 spiro atoms. The largest absolute Gasteiger partial charge is 0.481 e. The van der Waals surface area contributed by atoms with Crippen LogP contribution in [0.5, 0.6) is 5.88 Å². The van der Waals surface area contributed by atoms with E-state index < -0.39 is 0 Å². The third-order valence-electron chi connectivity index (χ3n) is 3.57. The minimum absolute atomic E-state index is 0.612. The van der Waals surface area contributed by atoms with Crippen molar-refractivity contribution < 1.29 is 4.74 Å². The van der Waals surface area contributed by atoms with Gasteiger partial charge in [-0.15, -0.1) is 0 Å². The van der Waals surface area contributed by atoms with Crippen LogP contribution in [-0.2, 0) is 0 Å². The van der Waals surface area contributed by atoms with Crippen molar-refractivity contribution in [2.24, 2.45) is 0 Å². The number of nitrogens with zero attached hydrogens (tertiary/aromatic N) is 3. The molecule has 1 fully saturated rings. The smallest absolute Gasteiger partial charge is 0.221 e. The Morgan fingerprint density at radius 3 is 2.72 bits per heavy atom. The molecular formula is C13H20BrN3O. The number of rotatable bonds is 5. The van der Waals surface area contributed by atoms with Gasteiger partial charge in [-0.3, -0.25) is 0 Å². The summed E-state index contributed by atoms with van der Waals surface area (Å²) in [6.07, 6.45) is 6.77. The topological polar surface area (TPSA) is 38.3 Å². The molecule has 1 aliphatic rings. The summed E-state index contributed by atoms with van der Waals surface area (Å²) in [5.74, 6) is 1.70. The van der Waals surface area contributed by atoms with Crippen LogP contribution >= 0.6 is 15.9 Å². The lowest BCUT2D eigenvalue weighted by Crippen LogP contribution is -2.36. The molecular weight excluding hydrogens is 294 g/mol. The van der Waals surface area contributed by atoms with Crippen molar-refractivity contribution in [1.29, 1.82) is 0 Å². The van der Waals surface area contributed by atoms with E-state index >= 15 is 0 Å². The van der Waals surface area contributed by atoms with E-state index in [0.717, 1.165) is 23.3 Å². The molecule has 4 nitrogen and oxygen atoms in total. The molecule has 0 radical (unpaired) electrons. The Morgan fingerprint density at radius 1 is 1.39 bits per heavy atom. The predicted molar refractivity (Wildman–Crippen MR) is 76.7 cm³/mol. The molecule has 0 atom stereocenters. The lowest BCUT2D eigenvalue weighted by molar-refractivity contribution is 0.393. The predicted octanol–water partition coefficient (Wildman–Crippen LogP) is 2.94. The fourth-order valence-electron chi connectivity index (χ4n) is 2.69. The monoisotopic (exact) mass is 313 g/mol. The van der Waals surface area contributed by atoms with E-state index in [2.05, 4.69) is 30.8 Å². The summed E-state index contributed by atoms with van der Waals surface area (Å²) < 4.78 is 5.29.